The summed E-state index contributed by atoms with van der Waals surface area (Å²) in [5.41, 5.74) is 2.62. The lowest BCUT2D eigenvalue weighted by Gasteiger charge is -2.26. The number of aryl methyl sites for hydroxylation is 1. The van der Waals surface area contributed by atoms with E-state index in [-0.39, 0.29) is 30.5 Å². The molecule has 3 atom stereocenters. The standard InChI is InChI=1S/C32H41N7O5/c1-20(2)15-26-31(42)37-27(16-23-10-6-5-7-11-23)30(41)33-13-14-39(18-24-12-8-9-21(3)34-24)19-25-17-28(38-44-25)32(43)35-22(4)29(40)36-26/h5-12,17,20,22,26-27H,13-16,18-19H2,1-4H3,(H,33,41)(H,35,43)(H,36,40)(H,37,42)/t22-,26-,27-/m1/s1. The molecule has 4 rings (SSSR count). The van der Waals surface area contributed by atoms with E-state index in [0.29, 0.717) is 31.8 Å². The summed E-state index contributed by atoms with van der Waals surface area (Å²) in [5.74, 6) is -1.41. The van der Waals surface area contributed by atoms with Crippen molar-refractivity contribution in [1.82, 2.24) is 36.3 Å². The number of carbonyl (C=O) groups excluding carboxylic acids is 4. The zero-order chi connectivity index (χ0) is 31.6. The van der Waals surface area contributed by atoms with Gasteiger partial charge in [0.1, 0.15) is 18.1 Å². The Morgan fingerprint density at radius 2 is 1.68 bits per heavy atom. The number of rotatable bonds is 6. The molecule has 3 aromatic rings. The lowest BCUT2D eigenvalue weighted by Crippen LogP contribution is -2.57. The fourth-order valence-corrected chi connectivity index (χ4v) is 4.97. The minimum atomic E-state index is -0.962. The van der Waals surface area contributed by atoms with Gasteiger partial charge in [-0.15, -0.1) is 0 Å². The van der Waals surface area contributed by atoms with E-state index in [2.05, 4.69) is 31.4 Å². The number of carbonyl (C=O) groups is 4. The molecule has 12 nitrogen and oxygen atoms in total. The second-order valence-electron chi connectivity index (χ2n) is 11.6. The van der Waals surface area contributed by atoms with Crippen molar-refractivity contribution in [2.75, 3.05) is 13.1 Å². The van der Waals surface area contributed by atoms with Gasteiger partial charge in [0.15, 0.2) is 11.5 Å². The molecule has 3 heterocycles. The third kappa shape index (κ3) is 9.46. The van der Waals surface area contributed by atoms with Gasteiger partial charge >= 0.3 is 0 Å². The van der Waals surface area contributed by atoms with Crippen LogP contribution in [0, 0.1) is 12.8 Å². The maximum Gasteiger partial charge on any atom is 0.274 e. The number of aromatic nitrogens is 2. The highest BCUT2D eigenvalue weighted by atomic mass is 16.5. The van der Waals surface area contributed by atoms with Gasteiger partial charge in [-0.25, -0.2) is 0 Å². The zero-order valence-corrected chi connectivity index (χ0v) is 25.6. The van der Waals surface area contributed by atoms with Crippen molar-refractivity contribution in [3.63, 3.8) is 0 Å². The lowest BCUT2D eigenvalue weighted by molar-refractivity contribution is -0.132. The summed E-state index contributed by atoms with van der Waals surface area (Å²) in [6, 6.07) is 14.0. The first-order valence-electron chi connectivity index (χ1n) is 14.9. The Labute approximate surface area is 257 Å². The SMILES string of the molecule is Cc1cccc(CN2CCNC(=O)[C@@H](Cc3ccccc3)NC(=O)[C@@H](CC(C)C)NC(=O)[C@@H](C)NC(=O)c3cc(on3)C2)n1. The van der Waals surface area contributed by atoms with Crippen LogP contribution in [0.5, 0.6) is 0 Å². The Balaban J connectivity index is 1.62. The quantitative estimate of drug-likeness (QED) is 0.333. The smallest absolute Gasteiger partial charge is 0.274 e. The number of hydrogen-bond donors (Lipinski definition) is 4. The first-order chi connectivity index (χ1) is 21.1. The fourth-order valence-electron chi connectivity index (χ4n) is 4.97. The number of benzene rings is 1. The predicted octanol–water partition coefficient (Wildman–Crippen LogP) is 1.89. The van der Waals surface area contributed by atoms with Gasteiger partial charge in [0.05, 0.1) is 12.2 Å². The van der Waals surface area contributed by atoms with E-state index < -0.39 is 35.8 Å². The van der Waals surface area contributed by atoms with Crippen LogP contribution in [0.3, 0.4) is 0 Å². The molecule has 0 radical (unpaired) electrons. The largest absolute Gasteiger partial charge is 0.359 e. The third-order valence-electron chi connectivity index (χ3n) is 7.23. The Bertz CT molecular complexity index is 1440. The molecule has 44 heavy (non-hydrogen) atoms. The summed E-state index contributed by atoms with van der Waals surface area (Å²) in [6.45, 7) is 8.77. The summed E-state index contributed by atoms with van der Waals surface area (Å²) in [6.07, 6.45) is 0.609. The van der Waals surface area contributed by atoms with Crippen LogP contribution in [0.4, 0.5) is 0 Å². The monoisotopic (exact) mass is 603 g/mol. The third-order valence-corrected chi connectivity index (χ3v) is 7.23. The second-order valence-corrected chi connectivity index (χ2v) is 11.6. The molecule has 1 aliphatic rings. The normalized spacial score (nSPS) is 21.1. The Hall–Kier alpha value is -4.58. The summed E-state index contributed by atoms with van der Waals surface area (Å²) >= 11 is 0. The van der Waals surface area contributed by atoms with Gasteiger partial charge in [-0.2, -0.15) is 0 Å². The van der Waals surface area contributed by atoms with Gasteiger partial charge in [-0.05, 0) is 43.9 Å². The highest BCUT2D eigenvalue weighted by molar-refractivity contribution is 5.97. The van der Waals surface area contributed by atoms with Crippen molar-refractivity contribution in [2.24, 2.45) is 5.92 Å². The van der Waals surface area contributed by atoms with Crippen molar-refractivity contribution in [3.05, 3.63) is 83.0 Å². The summed E-state index contributed by atoms with van der Waals surface area (Å²) in [5, 5.41) is 15.1. The van der Waals surface area contributed by atoms with Gasteiger partial charge in [0.25, 0.3) is 5.91 Å². The maximum atomic E-state index is 13.5. The molecule has 234 valence electrons. The zero-order valence-electron chi connectivity index (χ0n) is 25.6. The van der Waals surface area contributed by atoms with Gasteiger partial charge in [0, 0.05) is 37.8 Å². The number of nitrogens with zero attached hydrogens (tertiary/aromatic N) is 3. The van der Waals surface area contributed by atoms with Crippen molar-refractivity contribution in [2.45, 2.75) is 71.8 Å². The van der Waals surface area contributed by atoms with Crippen LogP contribution in [-0.2, 0) is 33.9 Å². The van der Waals surface area contributed by atoms with Crippen molar-refractivity contribution < 1.29 is 23.7 Å². The molecule has 0 aliphatic carbocycles. The summed E-state index contributed by atoms with van der Waals surface area (Å²) < 4.78 is 5.47. The molecule has 2 aromatic heterocycles. The van der Waals surface area contributed by atoms with Gasteiger partial charge in [-0.3, -0.25) is 29.1 Å². The van der Waals surface area contributed by atoms with Crippen LogP contribution < -0.4 is 21.3 Å². The average molecular weight is 604 g/mol. The molecule has 2 bridgehead atoms. The molecular weight excluding hydrogens is 562 g/mol. The van der Waals surface area contributed by atoms with Crippen LogP contribution in [0.2, 0.25) is 0 Å². The molecular formula is C32H41N7O5. The molecule has 1 aromatic carbocycles. The Kier molecular flexibility index (Phi) is 11.2. The number of nitrogens with one attached hydrogen (secondary N) is 4. The van der Waals surface area contributed by atoms with E-state index in [1.54, 1.807) is 0 Å². The van der Waals surface area contributed by atoms with Crippen LogP contribution in [-0.4, -0.2) is 69.9 Å². The highest BCUT2D eigenvalue weighted by Gasteiger charge is 2.30. The Morgan fingerprint density at radius 1 is 0.932 bits per heavy atom. The van der Waals surface area contributed by atoms with Crippen molar-refractivity contribution >= 4 is 23.6 Å². The minimum absolute atomic E-state index is 0.0305. The van der Waals surface area contributed by atoms with Crippen LogP contribution in [0.1, 0.15) is 60.4 Å². The molecule has 0 saturated carbocycles. The molecule has 0 fully saturated rings. The molecule has 1 aliphatic heterocycles. The first-order valence-corrected chi connectivity index (χ1v) is 14.9. The second kappa shape index (κ2) is 15.2. The molecule has 4 N–H and O–H groups in total. The summed E-state index contributed by atoms with van der Waals surface area (Å²) in [4.78, 5) is 59.7. The lowest BCUT2D eigenvalue weighted by atomic mass is 10.0. The molecule has 0 unspecified atom stereocenters. The number of amides is 4. The van der Waals surface area contributed by atoms with E-state index in [9.17, 15) is 19.2 Å². The highest BCUT2D eigenvalue weighted by Crippen LogP contribution is 2.13. The Morgan fingerprint density at radius 3 is 2.41 bits per heavy atom. The number of hydrogen-bond acceptors (Lipinski definition) is 8. The number of pyridine rings is 1. The first kappa shape index (κ1) is 32.3. The van der Waals surface area contributed by atoms with Gasteiger partial charge in [0.2, 0.25) is 17.7 Å². The van der Waals surface area contributed by atoms with Crippen molar-refractivity contribution in [1.29, 1.82) is 0 Å². The molecule has 12 heteroatoms. The van der Waals surface area contributed by atoms with E-state index in [1.807, 2.05) is 74.2 Å². The average Bonchev–Trinajstić information content (AvgIpc) is 3.44. The summed E-state index contributed by atoms with van der Waals surface area (Å²) in [7, 11) is 0. The van der Waals surface area contributed by atoms with Gasteiger partial charge < -0.3 is 25.8 Å². The van der Waals surface area contributed by atoms with Crippen LogP contribution in [0.25, 0.3) is 0 Å². The van der Waals surface area contributed by atoms with Gasteiger partial charge in [-0.1, -0.05) is 55.4 Å². The van der Waals surface area contributed by atoms with E-state index in [0.717, 1.165) is 17.0 Å². The maximum absolute atomic E-state index is 13.5. The van der Waals surface area contributed by atoms with E-state index in [1.165, 1.54) is 13.0 Å². The molecule has 4 amide bonds. The molecule has 0 saturated heterocycles. The number of fused-ring (bicyclic) bond motifs is 2. The van der Waals surface area contributed by atoms with Crippen LogP contribution in [0.15, 0.2) is 59.1 Å². The fraction of sp³-hybridized carbons (Fsp3) is 0.438. The van der Waals surface area contributed by atoms with Crippen LogP contribution >= 0.6 is 0 Å². The van der Waals surface area contributed by atoms with Crippen molar-refractivity contribution in [3.8, 4) is 0 Å². The van der Waals surface area contributed by atoms with E-state index in [4.69, 9.17) is 4.52 Å². The predicted molar refractivity (Wildman–Crippen MR) is 163 cm³/mol. The molecule has 0 spiro atoms. The topological polar surface area (TPSA) is 159 Å². The minimum Gasteiger partial charge on any atom is -0.359 e. The van der Waals surface area contributed by atoms with E-state index >= 15 is 0 Å².